The number of carbonyl (C=O) groups is 2. The lowest BCUT2D eigenvalue weighted by Gasteiger charge is -2.19. The van der Waals surface area contributed by atoms with E-state index in [0.29, 0.717) is 36.8 Å². The third-order valence-corrected chi connectivity index (χ3v) is 6.82. The predicted molar refractivity (Wildman–Crippen MR) is 143 cm³/mol. The van der Waals surface area contributed by atoms with Crippen LogP contribution in [0.5, 0.6) is 0 Å². The van der Waals surface area contributed by atoms with Crippen molar-refractivity contribution in [1.29, 1.82) is 0 Å². The van der Waals surface area contributed by atoms with Crippen molar-refractivity contribution in [2.45, 2.75) is 149 Å². The Hall–Kier alpha value is -1.14. The second-order valence-electron chi connectivity index (χ2n) is 10.00. The summed E-state index contributed by atoms with van der Waals surface area (Å²) >= 11 is 0. The Morgan fingerprint density at radius 2 is 0.818 bits per heavy atom. The van der Waals surface area contributed by atoms with E-state index >= 15 is 0 Å². The summed E-state index contributed by atoms with van der Waals surface area (Å²) in [7, 11) is 0. The van der Waals surface area contributed by atoms with Crippen LogP contribution in [0.2, 0.25) is 0 Å². The van der Waals surface area contributed by atoms with Gasteiger partial charge in [-0.25, -0.2) is 0 Å². The smallest absolute Gasteiger partial charge is 0.217 e. The summed E-state index contributed by atoms with van der Waals surface area (Å²) in [6.07, 6.45) is 18.5. The Balaban J connectivity index is 0. The summed E-state index contributed by atoms with van der Waals surface area (Å²) in [5, 5.41) is 0. The molecule has 198 valence electrons. The molecule has 0 fully saturated rings. The van der Waals surface area contributed by atoms with Crippen LogP contribution in [-0.4, -0.2) is 23.9 Å². The molecule has 0 bridgehead atoms. The van der Waals surface area contributed by atoms with Crippen LogP contribution in [0.3, 0.4) is 0 Å². The van der Waals surface area contributed by atoms with Gasteiger partial charge in [-0.2, -0.15) is 0 Å². The van der Waals surface area contributed by atoms with Crippen LogP contribution in [0.15, 0.2) is 0 Å². The Morgan fingerprint density at radius 3 is 1.09 bits per heavy atom. The summed E-state index contributed by atoms with van der Waals surface area (Å²) in [6.45, 7) is 8.91. The van der Waals surface area contributed by atoms with E-state index in [2.05, 4.69) is 27.7 Å². The molecule has 0 rings (SSSR count). The molecule has 0 aliphatic carbocycles. The van der Waals surface area contributed by atoms with Gasteiger partial charge in [0.25, 0.3) is 0 Å². The van der Waals surface area contributed by atoms with Gasteiger partial charge in [-0.15, -0.1) is 0 Å². The fourth-order valence-corrected chi connectivity index (χ4v) is 4.00. The number of hydrogen-bond donors (Lipinski definition) is 4. The summed E-state index contributed by atoms with van der Waals surface area (Å²) < 4.78 is 0. The van der Waals surface area contributed by atoms with Crippen LogP contribution in [0.4, 0.5) is 0 Å². The largest absolute Gasteiger partial charge is 0.370 e. The second kappa shape index (κ2) is 24.0. The number of rotatable bonds is 21. The molecule has 0 heterocycles. The molecule has 6 nitrogen and oxygen atoms in total. The van der Waals surface area contributed by atoms with E-state index in [-0.39, 0.29) is 11.8 Å². The predicted octanol–water partition coefficient (Wildman–Crippen LogP) is 5.54. The monoisotopic (exact) mass is 470 g/mol. The van der Waals surface area contributed by atoms with E-state index in [1.807, 2.05) is 0 Å². The molecular formula is C27H58N4O2. The first kappa shape index (κ1) is 34.0. The van der Waals surface area contributed by atoms with Gasteiger partial charge in [0.1, 0.15) is 0 Å². The quantitative estimate of drug-likeness (QED) is 0.163. The maximum Gasteiger partial charge on any atom is 0.217 e. The van der Waals surface area contributed by atoms with Gasteiger partial charge in [-0.3, -0.25) is 9.59 Å². The van der Waals surface area contributed by atoms with Crippen LogP contribution in [0.25, 0.3) is 0 Å². The molecule has 0 saturated heterocycles. The van der Waals surface area contributed by atoms with Crippen LogP contribution in [0.1, 0.15) is 137 Å². The SMILES string of the molecule is CCC(N)C(C)CCCCCC(C)C(N)CC.NC(=O)CCCCCCCCCCC(N)=O. The van der Waals surface area contributed by atoms with E-state index in [1.165, 1.54) is 57.8 Å². The zero-order valence-electron chi connectivity index (χ0n) is 22.5. The van der Waals surface area contributed by atoms with Crippen molar-refractivity contribution in [1.82, 2.24) is 0 Å². The van der Waals surface area contributed by atoms with Crippen LogP contribution >= 0.6 is 0 Å². The van der Waals surface area contributed by atoms with E-state index in [0.717, 1.165) is 38.5 Å². The minimum Gasteiger partial charge on any atom is -0.370 e. The van der Waals surface area contributed by atoms with Gasteiger partial charge < -0.3 is 22.9 Å². The highest BCUT2D eigenvalue weighted by Crippen LogP contribution is 2.18. The molecule has 0 radical (unpaired) electrons. The zero-order valence-corrected chi connectivity index (χ0v) is 22.5. The highest BCUT2D eigenvalue weighted by atomic mass is 16.1. The number of primary amides is 2. The summed E-state index contributed by atoms with van der Waals surface area (Å²) in [5.74, 6) is 0.948. The third kappa shape index (κ3) is 25.3. The molecule has 4 unspecified atom stereocenters. The first-order valence-electron chi connectivity index (χ1n) is 13.7. The minimum absolute atomic E-state index is 0.202. The van der Waals surface area contributed by atoms with Crippen molar-refractivity contribution >= 4 is 11.8 Å². The number of amides is 2. The lowest BCUT2D eigenvalue weighted by atomic mass is 9.91. The molecule has 8 N–H and O–H groups in total. The highest BCUT2D eigenvalue weighted by molar-refractivity contribution is 5.73. The molecule has 33 heavy (non-hydrogen) atoms. The van der Waals surface area contributed by atoms with Gasteiger partial charge in [0.05, 0.1) is 0 Å². The number of hydrogen-bond acceptors (Lipinski definition) is 4. The Kier molecular flexibility index (Phi) is 24.7. The fraction of sp³-hybridized carbons (Fsp3) is 0.926. The van der Waals surface area contributed by atoms with Crippen molar-refractivity contribution in [3.05, 3.63) is 0 Å². The molecule has 0 aromatic carbocycles. The molecule has 0 spiro atoms. The third-order valence-electron chi connectivity index (χ3n) is 6.82. The van der Waals surface area contributed by atoms with Crippen molar-refractivity contribution in [2.24, 2.45) is 34.8 Å². The van der Waals surface area contributed by atoms with Gasteiger partial charge in [-0.05, 0) is 50.4 Å². The molecular weight excluding hydrogens is 412 g/mol. The van der Waals surface area contributed by atoms with E-state index in [9.17, 15) is 9.59 Å². The fourth-order valence-electron chi connectivity index (χ4n) is 4.00. The summed E-state index contributed by atoms with van der Waals surface area (Å²) in [5.41, 5.74) is 22.1. The molecule has 2 amide bonds. The minimum atomic E-state index is -0.202. The molecule has 0 aromatic rings. The second-order valence-corrected chi connectivity index (χ2v) is 10.00. The van der Waals surface area contributed by atoms with Crippen molar-refractivity contribution in [2.75, 3.05) is 0 Å². The lowest BCUT2D eigenvalue weighted by Crippen LogP contribution is -2.27. The zero-order chi connectivity index (χ0) is 25.5. The number of unbranched alkanes of at least 4 members (excludes halogenated alkanes) is 9. The Labute approximate surface area is 205 Å². The van der Waals surface area contributed by atoms with Gasteiger partial charge in [0, 0.05) is 24.9 Å². The normalized spacial score (nSPS) is 14.6. The molecule has 6 heteroatoms. The summed E-state index contributed by atoms with van der Waals surface area (Å²) in [6, 6.07) is 0.782. The maximum atomic E-state index is 10.4. The molecule has 0 aliphatic heterocycles. The van der Waals surface area contributed by atoms with Gasteiger partial charge in [0.2, 0.25) is 11.8 Å². The van der Waals surface area contributed by atoms with Crippen molar-refractivity contribution in [3.63, 3.8) is 0 Å². The highest BCUT2D eigenvalue weighted by Gasteiger charge is 2.11. The first-order chi connectivity index (χ1) is 15.6. The van der Waals surface area contributed by atoms with Crippen molar-refractivity contribution < 1.29 is 9.59 Å². The van der Waals surface area contributed by atoms with Crippen LogP contribution < -0.4 is 22.9 Å². The standard InChI is InChI=1S/C15H34N2.C12H24N2O2/c1-5-14(16)12(3)10-8-7-9-11-13(4)15(17)6-2;13-11(15)9-7-5-3-1-2-4-6-8-10-12(14)16/h12-15H,5-11,16-17H2,1-4H3;1-10H2,(H2,13,15)(H2,14,16). The number of nitrogens with two attached hydrogens (primary N) is 4. The molecule has 0 saturated carbocycles. The average molecular weight is 471 g/mol. The van der Waals surface area contributed by atoms with Gasteiger partial charge in [-0.1, -0.05) is 85.5 Å². The van der Waals surface area contributed by atoms with E-state index in [1.54, 1.807) is 0 Å². The van der Waals surface area contributed by atoms with Crippen molar-refractivity contribution in [3.8, 4) is 0 Å². The topological polar surface area (TPSA) is 138 Å². The van der Waals surface area contributed by atoms with E-state index < -0.39 is 0 Å². The summed E-state index contributed by atoms with van der Waals surface area (Å²) in [4.78, 5) is 20.9. The lowest BCUT2D eigenvalue weighted by molar-refractivity contribution is -0.119. The Bertz CT molecular complexity index is 419. The van der Waals surface area contributed by atoms with Crippen LogP contribution in [-0.2, 0) is 9.59 Å². The van der Waals surface area contributed by atoms with Crippen LogP contribution in [0, 0.1) is 11.8 Å². The van der Waals surface area contributed by atoms with Gasteiger partial charge in [0.15, 0.2) is 0 Å². The molecule has 4 atom stereocenters. The Morgan fingerprint density at radius 1 is 0.545 bits per heavy atom. The first-order valence-corrected chi connectivity index (χ1v) is 13.7. The van der Waals surface area contributed by atoms with E-state index in [4.69, 9.17) is 22.9 Å². The molecule has 0 aromatic heterocycles. The maximum absolute atomic E-state index is 10.4. The average Bonchev–Trinajstić information content (AvgIpc) is 2.78. The molecule has 0 aliphatic rings. The van der Waals surface area contributed by atoms with Gasteiger partial charge >= 0.3 is 0 Å². The number of carbonyl (C=O) groups excluding carboxylic acids is 2.